The van der Waals surface area contributed by atoms with Gasteiger partial charge in [0.1, 0.15) is 0 Å². The van der Waals surface area contributed by atoms with Crippen molar-refractivity contribution in [2.45, 2.75) is 13.8 Å². The summed E-state index contributed by atoms with van der Waals surface area (Å²) in [4.78, 5) is 21.6. The van der Waals surface area contributed by atoms with Crippen molar-refractivity contribution in [3.05, 3.63) is 53.3 Å². The van der Waals surface area contributed by atoms with Crippen LogP contribution < -0.4 is 4.90 Å². The molecule has 3 aromatic rings. The zero-order chi connectivity index (χ0) is 18.3. The van der Waals surface area contributed by atoms with Gasteiger partial charge in [0, 0.05) is 50.5 Å². The average Bonchev–Trinajstić information content (AvgIpc) is 2.95. The summed E-state index contributed by atoms with van der Waals surface area (Å²) in [6, 6.07) is 10.4. The predicted molar refractivity (Wildman–Crippen MR) is 103 cm³/mol. The third-order valence-corrected chi connectivity index (χ3v) is 5.04. The Morgan fingerprint density at radius 3 is 2.58 bits per heavy atom. The van der Waals surface area contributed by atoms with E-state index in [9.17, 15) is 4.79 Å². The number of aromatic nitrogens is 3. The normalized spacial score (nSPS) is 14.9. The summed E-state index contributed by atoms with van der Waals surface area (Å²) in [5.41, 5.74) is 4.83. The molecule has 2 aromatic heterocycles. The van der Waals surface area contributed by atoms with Crippen molar-refractivity contribution < 1.29 is 4.79 Å². The molecule has 0 N–H and O–H groups in total. The highest BCUT2D eigenvalue weighted by molar-refractivity contribution is 5.97. The van der Waals surface area contributed by atoms with Crippen molar-refractivity contribution >= 4 is 22.6 Å². The second-order valence-electron chi connectivity index (χ2n) is 6.92. The molecule has 3 heterocycles. The van der Waals surface area contributed by atoms with Gasteiger partial charge < -0.3 is 9.80 Å². The highest BCUT2D eigenvalue weighted by Gasteiger charge is 2.23. The van der Waals surface area contributed by atoms with Gasteiger partial charge in [0.05, 0.1) is 11.3 Å². The van der Waals surface area contributed by atoms with E-state index in [2.05, 4.69) is 46.2 Å². The second-order valence-corrected chi connectivity index (χ2v) is 6.92. The van der Waals surface area contributed by atoms with Gasteiger partial charge in [-0.3, -0.25) is 9.48 Å². The van der Waals surface area contributed by atoms with Crippen LogP contribution in [-0.4, -0.2) is 51.8 Å². The first kappa shape index (κ1) is 16.6. The number of hydrogen-bond acceptors (Lipinski definition) is 4. The van der Waals surface area contributed by atoms with Gasteiger partial charge in [0.25, 0.3) is 5.91 Å². The molecule has 1 aliphatic heterocycles. The molecule has 6 nitrogen and oxygen atoms in total. The zero-order valence-corrected chi connectivity index (χ0v) is 15.4. The number of carbonyl (C=O) groups is 1. The molecule has 0 spiro atoms. The van der Waals surface area contributed by atoms with Gasteiger partial charge in [-0.25, -0.2) is 4.98 Å². The third-order valence-electron chi connectivity index (χ3n) is 5.04. The number of carbonyl (C=O) groups excluding carboxylic acids is 1. The van der Waals surface area contributed by atoms with E-state index >= 15 is 0 Å². The van der Waals surface area contributed by atoms with Crippen molar-refractivity contribution in [1.82, 2.24) is 19.7 Å². The second kappa shape index (κ2) is 6.44. The maximum Gasteiger partial charge on any atom is 0.255 e. The molecule has 134 valence electrons. The molecule has 1 fully saturated rings. The zero-order valence-electron chi connectivity index (χ0n) is 15.4. The molecular weight excluding hydrogens is 326 g/mol. The third kappa shape index (κ3) is 2.92. The predicted octanol–water partition coefficient (Wildman–Crippen LogP) is 2.55. The molecular formula is C20H23N5O. The van der Waals surface area contributed by atoms with E-state index in [-0.39, 0.29) is 5.91 Å². The standard InChI is InChI=1S/C20H23N5O/c1-14-5-4-6-17(11-14)24-7-9-25(10-8-24)20(26)16-12-18-15(2)22-23(3)19(18)21-13-16/h4-6,11-13H,7-10H2,1-3H3. The van der Waals surface area contributed by atoms with Crippen LogP contribution in [-0.2, 0) is 7.05 Å². The van der Waals surface area contributed by atoms with E-state index in [0.717, 1.165) is 42.9 Å². The van der Waals surface area contributed by atoms with E-state index < -0.39 is 0 Å². The first-order valence-corrected chi connectivity index (χ1v) is 8.93. The highest BCUT2D eigenvalue weighted by Crippen LogP contribution is 2.20. The molecule has 1 aliphatic rings. The summed E-state index contributed by atoms with van der Waals surface area (Å²) in [6.07, 6.45) is 1.67. The summed E-state index contributed by atoms with van der Waals surface area (Å²) < 4.78 is 1.75. The summed E-state index contributed by atoms with van der Waals surface area (Å²) in [5.74, 6) is 0.0477. The molecule has 0 radical (unpaired) electrons. The van der Waals surface area contributed by atoms with Crippen LogP contribution in [0.15, 0.2) is 36.5 Å². The Balaban J connectivity index is 1.49. The van der Waals surface area contributed by atoms with Crippen molar-refractivity contribution in [2.24, 2.45) is 7.05 Å². The first-order valence-electron chi connectivity index (χ1n) is 8.93. The van der Waals surface area contributed by atoms with Crippen LogP contribution in [0.3, 0.4) is 0 Å². The summed E-state index contributed by atoms with van der Waals surface area (Å²) >= 11 is 0. The number of piperazine rings is 1. The SMILES string of the molecule is Cc1cccc(N2CCN(C(=O)c3cnc4c(c3)c(C)nn4C)CC2)c1. The number of aryl methyl sites for hydroxylation is 3. The monoisotopic (exact) mass is 349 g/mol. The summed E-state index contributed by atoms with van der Waals surface area (Å²) in [6.45, 7) is 7.17. The number of fused-ring (bicyclic) bond motifs is 1. The summed E-state index contributed by atoms with van der Waals surface area (Å²) in [5, 5.41) is 5.32. The Labute approximate surface area is 153 Å². The molecule has 0 aliphatic carbocycles. The first-order chi connectivity index (χ1) is 12.5. The van der Waals surface area contributed by atoms with E-state index in [4.69, 9.17) is 0 Å². The maximum atomic E-state index is 12.9. The average molecular weight is 349 g/mol. The Morgan fingerprint density at radius 2 is 1.85 bits per heavy atom. The Bertz CT molecular complexity index is 969. The number of anilines is 1. The molecule has 0 saturated carbocycles. The van der Waals surface area contributed by atoms with E-state index in [1.807, 2.05) is 24.9 Å². The smallest absolute Gasteiger partial charge is 0.255 e. The van der Waals surface area contributed by atoms with Crippen molar-refractivity contribution in [2.75, 3.05) is 31.1 Å². The minimum atomic E-state index is 0.0477. The lowest BCUT2D eigenvalue weighted by molar-refractivity contribution is 0.0746. The van der Waals surface area contributed by atoms with Crippen LogP contribution in [0.1, 0.15) is 21.6 Å². The lowest BCUT2D eigenvalue weighted by Gasteiger charge is -2.36. The number of rotatable bonds is 2. The molecule has 1 amide bonds. The van der Waals surface area contributed by atoms with Crippen molar-refractivity contribution in [1.29, 1.82) is 0 Å². The van der Waals surface area contributed by atoms with Gasteiger partial charge in [-0.2, -0.15) is 5.10 Å². The van der Waals surface area contributed by atoms with Crippen molar-refractivity contribution in [3.63, 3.8) is 0 Å². The number of nitrogens with zero attached hydrogens (tertiary/aromatic N) is 5. The van der Waals surface area contributed by atoms with Crippen LogP contribution in [0.4, 0.5) is 5.69 Å². The molecule has 26 heavy (non-hydrogen) atoms. The van der Waals surface area contributed by atoms with E-state index in [1.54, 1.807) is 10.9 Å². The fourth-order valence-electron chi connectivity index (χ4n) is 3.60. The number of hydrogen-bond donors (Lipinski definition) is 0. The van der Waals surface area contributed by atoms with Crippen LogP contribution in [0.2, 0.25) is 0 Å². The number of amides is 1. The molecule has 4 rings (SSSR count). The lowest BCUT2D eigenvalue weighted by Crippen LogP contribution is -2.48. The van der Waals surface area contributed by atoms with Gasteiger partial charge in [-0.15, -0.1) is 0 Å². The minimum Gasteiger partial charge on any atom is -0.368 e. The quantitative estimate of drug-likeness (QED) is 0.713. The largest absolute Gasteiger partial charge is 0.368 e. The molecule has 1 aromatic carbocycles. The Kier molecular flexibility index (Phi) is 4.11. The fraction of sp³-hybridized carbons (Fsp3) is 0.350. The molecule has 1 saturated heterocycles. The van der Waals surface area contributed by atoms with Gasteiger partial charge in [0.2, 0.25) is 0 Å². The van der Waals surface area contributed by atoms with Crippen LogP contribution in [0.25, 0.3) is 11.0 Å². The van der Waals surface area contributed by atoms with Crippen LogP contribution >= 0.6 is 0 Å². The number of pyridine rings is 1. The molecule has 0 atom stereocenters. The summed E-state index contributed by atoms with van der Waals surface area (Å²) in [7, 11) is 1.87. The maximum absolute atomic E-state index is 12.9. The van der Waals surface area contributed by atoms with E-state index in [1.165, 1.54) is 11.3 Å². The van der Waals surface area contributed by atoms with Gasteiger partial charge >= 0.3 is 0 Å². The molecule has 0 bridgehead atoms. The van der Waals surface area contributed by atoms with Gasteiger partial charge in [-0.05, 0) is 37.6 Å². The van der Waals surface area contributed by atoms with Crippen molar-refractivity contribution in [3.8, 4) is 0 Å². The van der Waals surface area contributed by atoms with Gasteiger partial charge in [-0.1, -0.05) is 12.1 Å². The van der Waals surface area contributed by atoms with Gasteiger partial charge in [0.15, 0.2) is 5.65 Å². The molecule has 6 heteroatoms. The fourth-order valence-corrected chi connectivity index (χ4v) is 3.60. The topological polar surface area (TPSA) is 54.3 Å². The molecule has 0 unspecified atom stereocenters. The lowest BCUT2D eigenvalue weighted by atomic mass is 10.1. The minimum absolute atomic E-state index is 0.0477. The Hall–Kier alpha value is -2.89. The number of benzene rings is 1. The van der Waals surface area contributed by atoms with Crippen LogP contribution in [0, 0.1) is 13.8 Å². The van der Waals surface area contributed by atoms with Crippen LogP contribution in [0.5, 0.6) is 0 Å². The highest BCUT2D eigenvalue weighted by atomic mass is 16.2. The van der Waals surface area contributed by atoms with E-state index in [0.29, 0.717) is 5.56 Å². The Morgan fingerprint density at radius 1 is 1.08 bits per heavy atom.